The monoisotopic (exact) mass is 199 g/mol. The van der Waals surface area contributed by atoms with Gasteiger partial charge in [0, 0.05) is 23.6 Å². The summed E-state index contributed by atoms with van der Waals surface area (Å²) in [6.45, 7) is -0.0951. The minimum absolute atomic E-state index is 0.00310. The third-order valence-electron chi connectivity index (χ3n) is 2.00. The predicted octanol–water partition coefficient (Wildman–Crippen LogP) is 2.19. The minimum atomic E-state index is -0.746. The smallest absolute Gasteiger partial charge is 0.170 e. The van der Waals surface area contributed by atoms with Crippen molar-refractivity contribution in [3.63, 3.8) is 0 Å². The zero-order valence-electron chi connectivity index (χ0n) is 7.05. The summed E-state index contributed by atoms with van der Waals surface area (Å²) in [5.74, 6) is -1.46. The van der Waals surface area contributed by atoms with Gasteiger partial charge in [-0.2, -0.15) is 0 Å². The molecule has 0 aliphatic rings. The summed E-state index contributed by atoms with van der Waals surface area (Å²) in [5.41, 5.74) is 2.00. The number of hydrogen-bond donors (Lipinski definition) is 2. The molecule has 0 bridgehead atoms. The first-order chi connectivity index (χ1) is 6.74. The molecule has 0 amide bonds. The van der Waals surface area contributed by atoms with Gasteiger partial charge in [-0.3, -0.25) is 0 Å². The molecule has 2 rings (SSSR count). The first-order valence-corrected chi connectivity index (χ1v) is 3.95. The fourth-order valence-electron chi connectivity index (χ4n) is 1.38. The van der Waals surface area contributed by atoms with E-state index in [4.69, 9.17) is 9.62 Å². The molecule has 0 radical (unpaired) electrons. The van der Waals surface area contributed by atoms with Crippen LogP contribution in [-0.2, 0) is 6.54 Å². The average molecular weight is 199 g/mol. The van der Waals surface area contributed by atoms with E-state index in [1.54, 1.807) is 0 Å². The second kappa shape index (κ2) is 3.36. The fourth-order valence-corrected chi connectivity index (χ4v) is 1.38. The molecule has 1 aromatic heterocycles. The van der Waals surface area contributed by atoms with Crippen LogP contribution < -0.4 is 5.48 Å². The number of nitrogens with one attached hydrogen (secondary N) is 1. The van der Waals surface area contributed by atoms with E-state index in [-0.39, 0.29) is 17.7 Å². The second-order valence-corrected chi connectivity index (χ2v) is 2.82. The number of benzene rings is 1. The molecule has 74 valence electrons. The van der Waals surface area contributed by atoms with E-state index in [9.17, 15) is 8.78 Å². The molecule has 0 spiro atoms. The van der Waals surface area contributed by atoms with Crippen LogP contribution in [0.4, 0.5) is 8.78 Å². The zero-order chi connectivity index (χ0) is 10.1. The van der Waals surface area contributed by atoms with Gasteiger partial charge in [0.05, 0.1) is 6.26 Å². The van der Waals surface area contributed by atoms with Gasteiger partial charge >= 0.3 is 0 Å². The molecule has 1 aromatic carbocycles. The highest BCUT2D eigenvalue weighted by Gasteiger charge is 2.13. The summed E-state index contributed by atoms with van der Waals surface area (Å²) in [6.07, 6.45) is 1.27. The maximum Gasteiger partial charge on any atom is 0.170 e. The van der Waals surface area contributed by atoms with Gasteiger partial charge in [0.25, 0.3) is 0 Å². The summed E-state index contributed by atoms with van der Waals surface area (Å²) < 4.78 is 31.1. The maximum atomic E-state index is 13.2. The van der Waals surface area contributed by atoms with Gasteiger partial charge in [-0.25, -0.2) is 14.3 Å². The molecule has 1 heterocycles. The molecule has 0 aliphatic carbocycles. The lowest BCUT2D eigenvalue weighted by Crippen LogP contribution is -2.08. The quantitative estimate of drug-likeness (QED) is 0.728. The van der Waals surface area contributed by atoms with Crippen molar-refractivity contribution in [2.24, 2.45) is 0 Å². The van der Waals surface area contributed by atoms with Crippen LogP contribution in [0.25, 0.3) is 11.0 Å². The minimum Gasteiger partial charge on any atom is -0.461 e. The van der Waals surface area contributed by atoms with Gasteiger partial charge in [-0.15, -0.1) is 0 Å². The van der Waals surface area contributed by atoms with E-state index in [0.29, 0.717) is 5.39 Å². The molecule has 0 unspecified atom stereocenters. The van der Waals surface area contributed by atoms with E-state index in [2.05, 4.69) is 0 Å². The van der Waals surface area contributed by atoms with Crippen molar-refractivity contribution in [3.8, 4) is 0 Å². The number of rotatable bonds is 2. The third kappa shape index (κ3) is 1.26. The summed E-state index contributed by atoms with van der Waals surface area (Å²) >= 11 is 0. The number of hydrogen-bond acceptors (Lipinski definition) is 3. The molecule has 0 aliphatic heterocycles. The highest BCUT2D eigenvalue weighted by molar-refractivity contribution is 5.81. The van der Waals surface area contributed by atoms with Crippen LogP contribution in [0, 0.1) is 11.6 Å². The molecule has 2 N–H and O–H groups in total. The van der Waals surface area contributed by atoms with Crippen LogP contribution in [0.3, 0.4) is 0 Å². The Morgan fingerprint density at radius 1 is 1.36 bits per heavy atom. The van der Waals surface area contributed by atoms with Crippen molar-refractivity contribution in [2.45, 2.75) is 6.54 Å². The molecule has 14 heavy (non-hydrogen) atoms. The standard InChI is InChI=1S/C9H7F2NO2/c10-7-3-8(11)9-5(1-2-14-9)6(7)4-12-13/h1-3,12-13H,4H2. The Morgan fingerprint density at radius 2 is 2.14 bits per heavy atom. The molecule has 0 saturated carbocycles. The fraction of sp³-hybridized carbons (Fsp3) is 0.111. The predicted molar refractivity (Wildman–Crippen MR) is 44.8 cm³/mol. The van der Waals surface area contributed by atoms with Crippen molar-refractivity contribution in [2.75, 3.05) is 0 Å². The van der Waals surface area contributed by atoms with Gasteiger partial charge in [-0.1, -0.05) is 0 Å². The summed E-state index contributed by atoms with van der Waals surface area (Å²) in [7, 11) is 0. The van der Waals surface area contributed by atoms with Crippen LogP contribution in [0.1, 0.15) is 5.56 Å². The van der Waals surface area contributed by atoms with Crippen molar-refractivity contribution in [3.05, 3.63) is 35.6 Å². The van der Waals surface area contributed by atoms with Crippen molar-refractivity contribution in [1.82, 2.24) is 5.48 Å². The first-order valence-electron chi connectivity index (χ1n) is 3.95. The average Bonchev–Trinajstić information content (AvgIpc) is 2.60. The largest absolute Gasteiger partial charge is 0.461 e. The van der Waals surface area contributed by atoms with Crippen LogP contribution in [-0.4, -0.2) is 5.21 Å². The third-order valence-corrected chi connectivity index (χ3v) is 2.00. The first kappa shape index (κ1) is 9.11. The van der Waals surface area contributed by atoms with Crippen molar-refractivity contribution >= 4 is 11.0 Å². The molecule has 5 heteroatoms. The van der Waals surface area contributed by atoms with Gasteiger partial charge in [-0.05, 0) is 6.07 Å². The second-order valence-electron chi connectivity index (χ2n) is 2.82. The van der Waals surface area contributed by atoms with E-state index in [1.165, 1.54) is 12.3 Å². The van der Waals surface area contributed by atoms with E-state index in [0.717, 1.165) is 6.07 Å². The number of furan rings is 1. The van der Waals surface area contributed by atoms with E-state index < -0.39 is 11.6 Å². The lowest BCUT2D eigenvalue weighted by Gasteiger charge is -2.03. The Kier molecular flexibility index (Phi) is 2.18. The van der Waals surface area contributed by atoms with E-state index in [1.807, 2.05) is 5.48 Å². The Balaban J connectivity index is 2.73. The van der Waals surface area contributed by atoms with Gasteiger partial charge in [0.2, 0.25) is 0 Å². The maximum absolute atomic E-state index is 13.2. The number of hydroxylamine groups is 1. The Hall–Kier alpha value is -1.46. The molecular weight excluding hydrogens is 192 g/mol. The summed E-state index contributed by atoms with van der Waals surface area (Å²) in [5, 5.41) is 8.79. The molecule has 0 atom stereocenters. The topological polar surface area (TPSA) is 45.4 Å². The normalized spacial score (nSPS) is 11.1. The lowest BCUT2D eigenvalue weighted by molar-refractivity contribution is 0.160. The van der Waals surface area contributed by atoms with E-state index >= 15 is 0 Å². The number of halogens is 2. The molecule has 3 nitrogen and oxygen atoms in total. The van der Waals surface area contributed by atoms with Gasteiger partial charge in [0.1, 0.15) is 5.82 Å². The van der Waals surface area contributed by atoms with Crippen LogP contribution in [0.5, 0.6) is 0 Å². The van der Waals surface area contributed by atoms with Crippen molar-refractivity contribution in [1.29, 1.82) is 0 Å². The van der Waals surface area contributed by atoms with Gasteiger partial charge < -0.3 is 9.62 Å². The van der Waals surface area contributed by atoms with Crippen LogP contribution in [0.2, 0.25) is 0 Å². The Bertz CT molecular complexity index is 467. The number of fused-ring (bicyclic) bond motifs is 1. The molecule has 2 aromatic rings. The Labute approximate surface area is 77.9 Å². The zero-order valence-corrected chi connectivity index (χ0v) is 7.05. The molecular formula is C9H7F2NO2. The molecule has 0 fully saturated rings. The SMILES string of the molecule is ONCc1c(F)cc(F)c2occc12. The highest BCUT2D eigenvalue weighted by Crippen LogP contribution is 2.25. The lowest BCUT2D eigenvalue weighted by atomic mass is 10.1. The highest BCUT2D eigenvalue weighted by atomic mass is 19.1. The summed E-state index contributed by atoms with van der Waals surface area (Å²) in [6, 6.07) is 2.19. The van der Waals surface area contributed by atoms with Crippen molar-refractivity contribution < 1.29 is 18.4 Å². The van der Waals surface area contributed by atoms with Crippen LogP contribution >= 0.6 is 0 Å². The van der Waals surface area contributed by atoms with Gasteiger partial charge in [0.15, 0.2) is 11.4 Å². The molecule has 0 saturated heterocycles. The summed E-state index contributed by atoms with van der Waals surface area (Å²) in [4.78, 5) is 0. The van der Waals surface area contributed by atoms with Crippen LogP contribution in [0.15, 0.2) is 22.8 Å². The Morgan fingerprint density at radius 3 is 2.86 bits per heavy atom.